The van der Waals surface area contributed by atoms with Gasteiger partial charge < -0.3 is 0 Å². The minimum Gasteiger partial charge on any atom is -0.271 e. The SMILES string of the molecule is NNC(Cc1ccccc1)Cc1csc2ccccc12. The molecule has 1 aromatic heterocycles. The van der Waals surface area contributed by atoms with Crippen LogP contribution < -0.4 is 11.3 Å². The molecule has 0 fully saturated rings. The third-order valence-corrected chi connectivity index (χ3v) is 4.60. The molecule has 0 bridgehead atoms. The third kappa shape index (κ3) is 2.90. The van der Waals surface area contributed by atoms with Crippen LogP contribution in [0.1, 0.15) is 11.1 Å². The van der Waals surface area contributed by atoms with Crippen molar-refractivity contribution in [1.29, 1.82) is 0 Å². The van der Waals surface area contributed by atoms with E-state index in [-0.39, 0.29) is 6.04 Å². The predicted octanol–water partition coefficient (Wildman–Crippen LogP) is 3.52. The molecule has 0 aliphatic rings. The highest BCUT2D eigenvalue weighted by molar-refractivity contribution is 7.17. The zero-order valence-corrected chi connectivity index (χ0v) is 12.1. The largest absolute Gasteiger partial charge is 0.271 e. The second-order valence-electron chi connectivity index (χ2n) is 5.01. The van der Waals surface area contributed by atoms with Crippen LogP contribution in [0.2, 0.25) is 0 Å². The Morgan fingerprint density at radius 3 is 2.50 bits per heavy atom. The van der Waals surface area contributed by atoms with Gasteiger partial charge in [0, 0.05) is 10.7 Å². The van der Waals surface area contributed by atoms with Crippen molar-refractivity contribution in [2.75, 3.05) is 0 Å². The smallest absolute Gasteiger partial charge is 0.0345 e. The molecule has 3 aromatic rings. The normalized spacial score (nSPS) is 12.7. The number of hydrogen-bond acceptors (Lipinski definition) is 3. The summed E-state index contributed by atoms with van der Waals surface area (Å²) >= 11 is 1.80. The lowest BCUT2D eigenvalue weighted by Gasteiger charge is -2.15. The fraction of sp³-hybridized carbons (Fsp3) is 0.176. The number of hydrogen-bond donors (Lipinski definition) is 2. The molecule has 1 atom stereocenters. The van der Waals surface area contributed by atoms with Gasteiger partial charge in [-0.05, 0) is 40.8 Å². The monoisotopic (exact) mass is 282 g/mol. The summed E-state index contributed by atoms with van der Waals surface area (Å²) in [4.78, 5) is 0. The van der Waals surface area contributed by atoms with Crippen LogP contribution in [-0.4, -0.2) is 6.04 Å². The molecule has 3 rings (SSSR count). The average Bonchev–Trinajstić information content (AvgIpc) is 2.91. The van der Waals surface area contributed by atoms with Crippen molar-refractivity contribution < 1.29 is 0 Å². The Labute approximate surface area is 123 Å². The quantitative estimate of drug-likeness (QED) is 0.555. The molecule has 2 nitrogen and oxygen atoms in total. The van der Waals surface area contributed by atoms with E-state index in [1.165, 1.54) is 21.2 Å². The maximum atomic E-state index is 5.73. The van der Waals surface area contributed by atoms with Crippen LogP contribution in [0.5, 0.6) is 0 Å². The highest BCUT2D eigenvalue weighted by Gasteiger charge is 2.12. The average molecular weight is 282 g/mol. The van der Waals surface area contributed by atoms with Gasteiger partial charge in [0.05, 0.1) is 0 Å². The zero-order chi connectivity index (χ0) is 13.8. The van der Waals surface area contributed by atoms with Crippen LogP contribution in [0, 0.1) is 0 Å². The van der Waals surface area contributed by atoms with Crippen molar-refractivity contribution in [3.05, 3.63) is 71.1 Å². The first kappa shape index (κ1) is 13.3. The van der Waals surface area contributed by atoms with Gasteiger partial charge >= 0.3 is 0 Å². The molecule has 1 unspecified atom stereocenters. The van der Waals surface area contributed by atoms with E-state index in [9.17, 15) is 0 Å². The van der Waals surface area contributed by atoms with E-state index in [2.05, 4.69) is 59.3 Å². The molecule has 3 N–H and O–H groups in total. The molecule has 20 heavy (non-hydrogen) atoms. The summed E-state index contributed by atoms with van der Waals surface area (Å²) in [5, 5.41) is 3.60. The van der Waals surface area contributed by atoms with Crippen molar-refractivity contribution in [2.24, 2.45) is 5.84 Å². The first-order valence-corrected chi connectivity index (χ1v) is 7.70. The fourth-order valence-electron chi connectivity index (χ4n) is 2.54. The Morgan fingerprint density at radius 1 is 0.950 bits per heavy atom. The fourth-order valence-corrected chi connectivity index (χ4v) is 3.52. The van der Waals surface area contributed by atoms with Gasteiger partial charge in [0.15, 0.2) is 0 Å². The van der Waals surface area contributed by atoms with E-state index in [1.807, 2.05) is 6.07 Å². The van der Waals surface area contributed by atoms with Crippen LogP contribution in [0.3, 0.4) is 0 Å². The Morgan fingerprint density at radius 2 is 1.70 bits per heavy atom. The molecule has 102 valence electrons. The maximum Gasteiger partial charge on any atom is 0.0345 e. The van der Waals surface area contributed by atoms with E-state index in [1.54, 1.807) is 11.3 Å². The van der Waals surface area contributed by atoms with Gasteiger partial charge in [0.2, 0.25) is 0 Å². The highest BCUT2D eigenvalue weighted by atomic mass is 32.1. The van der Waals surface area contributed by atoms with Crippen molar-refractivity contribution >= 4 is 21.4 Å². The molecule has 0 spiro atoms. The molecule has 0 saturated carbocycles. The van der Waals surface area contributed by atoms with Gasteiger partial charge in [-0.1, -0.05) is 48.5 Å². The first-order valence-electron chi connectivity index (χ1n) is 6.82. The summed E-state index contributed by atoms with van der Waals surface area (Å²) in [5.74, 6) is 5.73. The highest BCUT2D eigenvalue weighted by Crippen LogP contribution is 2.26. The predicted molar refractivity (Wildman–Crippen MR) is 86.8 cm³/mol. The summed E-state index contributed by atoms with van der Waals surface area (Å²) < 4.78 is 1.35. The molecular formula is C17H18N2S. The number of fused-ring (bicyclic) bond motifs is 1. The minimum atomic E-state index is 0.260. The number of nitrogens with one attached hydrogen (secondary N) is 1. The van der Waals surface area contributed by atoms with Crippen LogP contribution in [0.4, 0.5) is 0 Å². The van der Waals surface area contributed by atoms with Crippen LogP contribution >= 0.6 is 11.3 Å². The summed E-state index contributed by atoms with van der Waals surface area (Å²) in [6.45, 7) is 0. The first-order chi connectivity index (χ1) is 9.86. The summed E-state index contributed by atoms with van der Waals surface area (Å²) in [5.41, 5.74) is 5.65. The van der Waals surface area contributed by atoms with Gasteiger partial charge in [0.1, 0.15) is 0 Å². The lowest BCUT2D eigenvalue weighted by molar-refractivity contribution is 0.524. The topological polar surface area (TPSA) is 38.0 Å². The molecular weight excluding hydrogens is 264 g/mol. The summed E-state index contributed by atoms with van der Waals surface area (Å²) in [6, 6.07) is 19.3. The Bertz CT molecular complexity index is 676. The van der Waals surface area contributed by atoms with Crippen molar-refractivity contribution in [3.8, 4) is 0 Å². The summed E-state index contributed by atoms with van der Waals surface area (Å²) in [7, 11) is 0. The molecule has 3 heteroatoms. The molecule has 1 heterocycles. The second kappa shape index (κ2) is 6.18. The molecule has 0 radical (unpaired) electrons. The standard InChI is InChI=1S/C17H18N2S/c18-19-15(10-13-6-2-1-3-7-13)11-14-12-20-17-9-5-4-8-16(14)17/h1-9,12,15,19H,10-11,18H2. The van der Waals surface area contributed by atoms with E-state index < -0.39 is 0 Å². The van der Waals surface area contributed by atoms with Crippen LogP contribution in [0.15, 0.2) is 60.0 Å². The van der Waals surface area contributed by atoms with Crippen molar-refractivity contribution in [3.63, 3.8) is 0 Å². The molecule has 0 aliphatic heterocycles. The number of rotatable bonds is 5. The van der Waals surface area contributed by atoms with Gasteiger partial charge in [-0.3, -0.25) is 11.3 Å². The van der Waals surface area contributed by atoms with Crippen molar-refractivity contribution in [1.82, 2.24) is 5.43 Å². The third-order valence-electron chi connectivity index (χ3n) is 3.59. The second-order valence-corrected chi connectivity index (χ2v) is 5.93. The van der Waals surface area contributed by atoms with E-state index in [0.717, 1.165) is 12.8 Å². The van der Waals surface area contributed by atoms with Crippen LogP contribution in [-0.2, 0) is 12.8 Å². The maximum absolute atomic E-state index is 5.73. The van der Waals surface area contributed by atoms with Gasteiger partial charge in [0.25, 0.3) is 0 Å². The number of thiophene rings is 1. The van der Waals surface area contributed by atoms with E-state index in [4.69, 9.17) is 5.84 Å². The Balaban J connectivity index is 1.78. The summed E-state index contributed by atoms with van der Waals surface area (Å²) in [6.07, 6.45) is 1.90. The van der Waals surface area contributed by atoms with Crippen molar-refractivity contribution in [2.45, 2.75) is 18.9 Å². The van der Waals surface area contributed by atoms with E-state index >= 15 is 0 Å². The number of benzene rings is 2. The molecule has 0 amide bonds. The molecule has 0 aliphatic carbocycles. The van der Waals surface area contributed by atoms with Crippen LogP contribution in [0.25, 0.3) is 10.1 Å². The molecule has 0 saturated heterocycles. The Kier molecular flexibility index (Phi) is 4.11. The Hall–Kier alpha value is -1.68. The lowest BCUT2D eigenvalue weighted by Crippen LogP contribution is -2.38. The molecule has 2 aromatic carbocycles. The van der Waals surface area contributed by atoms with Gasteiger partial charge in [-0.2, -0.15) is 0 Å². The van der Waals surface area contributed by atoms with Gasteiger partial charge in [-0.15, -0.1) is 11.3 Å². The minimum absolute atomic E-state index is 0.260. The lowest BCUT2D eigenvalue weighted by atomic mass is 9.99. The van der Waals surface area contributed by atoms with E-state index in [0.29, 0.717) is 0 Å². The van der Waals surface area contributed by atoms with Gasteiger partial charge in [-0.25, -0.2) is 0 Å². The number of nitrogens with two attached hydrogens (primary N) is 1. The zero-order valence-electron chi connectivity index (χ0n) is 11.3. The number of hydrazine groups is 1.